The molecule has 1 aromatic carbocycles. The molecule has 0 nitrogen and oxygen atoms in total. The molecule has 1 unspecified atom stereocenters. The van der Waals surface area contributed by atoms with E-state index in [1.165, 1.54) is 5.56 Å². The molecule has 1 aromatic rings. The van der Waals surface area contributed by atoms with E-state index in [9.17, 15) is 0 Å². The lowest BCUT2D eigenvalue weighted by atomic mass is 9.95. The van der Waals surface area contributed by atoms with E-state index < -0.39 is 0 Å². The third kappa shape index (κ3) is 2.27. The highest BCUT2D eigenvalue weighted by molar-refractivity contribution is 6.29. The summed E-state index contributed by atoms with van der Waals surface area (Å²) in [6, 6.07) is 10.6. The van der Waals surface area contributed by atoms with Crippen molar-refractivity contribution in [2.24, 2.45) is 0 Å². The second-order valence-electron chi connectivity index (χ2n) is 3.55. The quantitative estimate of drug-likeness (QED) is 0.642. The van der Waals surface area contributed by atoms with Crippen LogP contribution in [-0.2, 0) is 0 Å². The van der Waals surface area contributed by atoms with Crippen molar-refractivity contribution in [1.29, 1.82) is 0 Å². The first-order valence-electron chi connectivity index (χ1n) is 4.94. The van der Waals surface area contributed by atoms with Crippen LogP contribution in [0.1, 0.15) is 24.3 Å². The minimum atomic E-state index is 0.517. The van der Waals surface area contributed by atoms with E-state index in [0.29, 0.717) is 5.92 Å². The standard InChI is InChI=1S/C13H13Cl/c14-13-8-4-7-12(9-10-13)11-5-2-1-3-6-11/h1-8,12H,9-10H2. The van der Waals surface area contributed by atoms with Crippen molar-refractivity contribution >= 4 is 11.6 Å². The maximum absolute atomic E-state index is 5.98. The molecule has 0 saturated carbocycles. The van der Waals surface area contributed by atoms with Gasteiger partial charge >= 0.3 is 0 Å². The molecule has 0 amide bonds. The van der Waals surface area contributed by atoms with Crippen molar-refractivity contribution in [2.45, 2.75) is 18.8 Å². The molecule has 1 aliphatic carbocycles. The number of rotatable bonds is 1. The predicted octanol–water partition coefficient (Wildman–Crippen LogP) is 4.24. The number of hydrogen-bond acceptors (Lipinski definition) is 0. The topological polar surface area (TPSA) is 0 Å². The Morgan fingerprint density at radius 2 is 1.93 bits per heavy atom. The predicted molar refractivity (Wildman–Crippen MR) is 61.5 cm³/mol. The van der Waals surface area contributed by atoms with Crippen LogP contribution in [0.25, 0.3) is 0 Å². The van der Waals surface area contributed by atoms with Gasteiger partial charge in [-0.2, -0.15) is 0 Å². The molecule has 0 radical (unpaired) electrons. The molecule has 0 bridgehead atoms. The van der Waals surface area contributed by atoms with Crippen LogP contribution in [0.3, 0.4) is 0 Å². The van der Waals surface area contributed by atoms with Crippen molar-refractivity contribution < 1.29 is 0 Å². The zero-order chi connectivity index (χ0) is 9.80. The van der Waals surface area contributed by atoms with Crippen molar-refractivity contribution in [3.8, 4) is 0 Å². The highest BCUT2D eigenvalue weighted by atomic mass is 35.5. The van der Waals surface area contributed by atoms with Gasteiger partial charge in [0.1, 0.15) is 0 Å². The fourth-order valence-corrected chi connectivity index (χ4v) is 1.93. The SMILES string of the molecule is ClC1=CC=CC(c2ccccc2)CC1. The molecular weight excluding hydrogens is 192 g/mol. The second kappa shape index (κ2) is 4.47. The van der Waals surface area contributed by atoms with Gasteiger partial charge < -0.3 is 0 Å². The smallest absolute Gasteiger partial charge is 0.0181 e. The van der Waals surface area contributed by atoms with Crippen LogP contribution in [0, 0.1) is 0 Å². The molecule has 1 aliphatic rings. The third-order valence-electron chi connectivity index (χ3n) is 2.54. The van der Waals surface area contributed by atoms with Crippen LogP contribution in [0.5, 0.6) is 0 Å². The first kappa shape index (κ1) is 9.54. The maximum Gasteiger partial charge on any atom is 0.0181 e. The van der Waals surface area contributed by atoms with Crippen molar-refractivity contribution in [2.75, 3.05) is 0 Å². The van der Waals surface area contributed by atoms with Gasteiger partial charge in [0, 0.05) is 11.0 Å². The first-order chi connectivity index (χ1) is 6.86. The summed E-state index contributed by atoms with van der Waals surface area (Å²) in [7, 11) is 0. The summed E-state index contributed by atoms with van der Waals surface area (Å²) in [4.78, 5) is 0. The number of hydrogen-bond donors (Lipinski definition) is 0. The van der Waals surface area contributed by atoms with Crippen molar-refractivity contribution in [3.63, 3.8) is 0 Å². The minimum Gasteiger partial charge on any atom is -0.0892 e. The van der Waals surface area contributed by atoms with Crippen LogP contribution in [-0.4, -0.2) is 0 Å². The largest absolute Gasteiger partial charge is 0.0892 e. The van der Waals surface area contributed by atoms with E-state index in [1.807, 2.05) is 6.08 Å². The average Bonchev–Trinajstić information content (AvgIpc) is 2.44. The molecular formula is C13H13Cl. The molecule has 72 valence electrons. The van der Waals surface area contributed by atoms with Crippen LogP contribution in [0.4, 0.5) is 0 Å². The van der Waals surface area contributed by atoms with E-state index in [2.05, 4.69) is 42.5 Å². The zero-order valence-electron chi connectivity index (χ0n) is 7.99. The van der Waals surface area contributed by atoms with Crippen LogP contribution < -0.4 is 0 Å². The molecule has 0 saturated heterocycles. The number of halogens is 1. The molecule has 2 rings (SSSR count). The molecule has 0 aliphatic heterocycles. The molecule has 1 heteroatoms. The molecule has 0 heterocycles. The fraction of sp³-hybridized carbons (Fsp3) is 0.231. The van der Waals surface area contributed by atoms with Gasteiger partial charge in [-0.1, -0.05) is 54.1 Å². The number of benzene rings is 1. The Labute approximate surface area is 89.9 Å². The van der Waals surface area contributed by atoms with E-state index in [1.54, 1.807) is 0 Å². The Kier molecular flexibility index (Phi) is 3.05. The van der Waals surface area contributed by atoms with Crippen molar-refractivity contribution in [3.05, 3.63) is 59.2 Å². The summed E-state index contributed by atoms with van der Waals surface area (Å²) in [5.74, 6) is 0.517. The second-order valence-corrected chi connectivity index (χ2v) is 4.04. The highest BCUT2D eigenvalue weighted by Crippen LogP contribution is 2.28. The molecule has 14 heavy (non-hydrogen) atoms. The van der Waals surface area contributed by atoms with Crippen LogP contribution in [0.2, 0.25) is 0 Å². The van der Waals surface area contributed by atoms with Crippen molar-refractivity contribution in [1.82, 2.24) is 0 Å². The van der Waals surface area contributed by atoms with Gasteiger partial charge in [0.25, 0.3) is 0 Å². The molecule has 0 spiro atoms. The maximum atomic E-state index is 5.98. The zero-order valence-corrected chi connectivity index (χ0v) is 8.74. The first-order valence-corrected chi connectivity index (χ1v) is 5.32. The molecule has 0 aromatic heterocycles. The summed E-state index contributed by atoms with van der Waals surface area (Å²) in [5, 5.41) is 0.958. The van der Waals surface area contributed by atoms with Gasteiger partial charge in [-0.3, -0.25) is 0 Å². The van der Waals surface area contributed by atoms with Crippen LogP contribution in [0.15, 0.2) is 53.6 Å². The van der Waals surface area contributed by atoms with Gasteiger partial charge in [-0.25, -0.2) is 0 Å². The van der Waals surface area contributed by atoms with Gasteiger partial charge in [-0.15, -0.1) is 0 Å². The normalized spacial score (nSPS) is 21.5. The van der Waals surface area contributed by atoms with Gasteiger partial charge in [-0.05, 0) is 24.5 Å². The molecule has 1 atom stereocenters. The van der Waals surface area contributed by atoms with Crippen LogP contribution >= 0.6 is 11.6 Å². The molecule has 0 fully saturated rings. The Morgan fingerprint density at radius 1 is 1.14 bits per heavy atom. The molecule has 0 N–H and O–H groups in total. The fourth-order valence-electron chi connectivity index (χ4n) is 1.75. The Morgan fingerprint density at radius 3 is 2.71 bits per heavy atom. The Balaban J connectivity index is 2.15. The van der Waals surface area contributed by atoms with E-state index in [4.69, 9.17) is 11.6 Å². The van der Waals surface area contributed by atoms with E-state index >= 15 is 0 Å². The minimum absolute atomic E-state index is 0.517. The Bertz CT molecular complexity index is 349. The highest BCUT2D eigenvalue weighted by Gasteiger charge is 2.09. The third-order valence-corrected chi connectivity index (χ3v) is 2.86. The summed E-state index contributed by atoms with van der Waals surface area (Å²) in [6.45, 7) is 0. The number of allylic oxidation sites excluding steroid dienone is 4. The average molecular weight is 205 g/mol. The summed E-state index contributed by atoms with van der Waals surface area (Å²) in [5.41, 5.74) is 1.38. The van der Waals surface area contributed by atoms with E-state index in [0.717, 1.165) is 17.9 Å². The summed E-state index contributed by atoms with van der Waals surface area (Å²) in [6.07, 6.45) is 8.37. The van der Waals surface area contributed by atoms with E-state index in [-0.39, 0.29) is 0 Å². The van der Waals surface area contributed by atoms with Gasteiger partial charge in [0.2, 0.25) is 0 Å². The lowest BCUT2D eigenvalue weighted by Gasteiger charge is -2.10. The van der Waals surface area contributed by atoms with Gasteiger partial charge in [0.15, 0.2) is 0 Å². The monoisotopic (exact) mass is 204 g/mol. The Hall–Kier alpha value is -1.01. The summed E-state index contributed by atoms with van der Waals surface area (Å²) >= 11 is 5.98. The summed E-state index contributed by atoms with van der Waals surface area (Å²) < 4.78 is 0. The lowest BCUT2D eigenvalue weighted by molar-refractivity contribution is 0.751. The van der Waals surface area contributed by atoms with Gasteiger partial charge in [0.05, 0.1) is 0 Å². The lowest BCUT2D eigenvalue weighted by Crippen LogP contribution is -1.93.